The molecule has 4 nitrogen and oxygen atoms in total. The highest BCUT2D eigenvalue weighted by atomic mass is 16.6. The van der Waals surface area contributed by atoms with Gasteiger partial charge < -0.3 is 15.0 Å². The Labute approximate surface area is 159 Å². The molecule has 0 saturated heterocycles. The Morgan fingerprint density at radius 1 is 1.27 bits per heavy atom. The molecule has 1 aliphatic rings. The van der Waals surface area contributed by atoms with E-state index in [0.717, 1.165) is 25.7 Å². The van der Waals surface area contributed by atoms with Crippen LogP contribution in [-0.2, 0) is 11.2 Å². The number of alkyl carbamates (subject to hydrolysis) is 1. The monoisotopic (exact) mass is 360 g/mol. The Morgan fingerprint density at radius 3 is 2.62 bits per heavy atom. The fourth-order valence-corrected chi connectivity index (χ4v) is 3.94. The lowest BCUT2D eigenvalue weighted by Gasteiger charge is -2.40. The number of nitrogens with one attached hydrogen (secondary N) is 1. The molecule has 1 saturated carbocycles. The first-order chi connectivity index (χ1) is 12.2. The molecule has 1 amide bonds. The highest BCUT2D eigenvalue weighted by molar-refractivity contribution is 5.68. The molecule has 0 aliphatic heterocycles. The van der Waals surface area contributed by atoms with E-state index in [-0.39, 0.29) is 12.1 Å². The van der Waals surface area contributed by atoms with Gasteiger partial charge in [0.05, 0.1) is 0 Å². The van der Waals surface area contributed by atoms with Crippen molar-refractivity contribution in [2.45, 2.75) is 83.4 Å². The van der Waals surface area contributed by atoms with E-state index in [9.17, 15) is 4.79 Å². The van der Waals surface area contributed by atoms with E-state index in [1.54, 1.807) is 0 Å². The summed E-state index contributed by atoms with van der Waals surface area (Å²) in [5.41, 5.74) is 2.41. The van der Waals surface area contributed by atoms with Crippen molar-refractivity contribution in [3.8, 4) is 0 Å². The number of hydrogen-bond donors (Lipinski definition) is 1. The number of rotatable bonds is 5. The van der Waals surface area contributed by atoms with Crippen LogP contribution in [0.1, 0.15) is 70.4 Å². The fraction of sp³-hybridized carbons (Fsp3) is 0.682. The molecule has 0 bridgehead atoms. The summed E-state index contributed by atoms with van der Waals surface area (Å²) in [6, 6.07) is 9.51. The van der Waals surface area contributed by atoms with Crippen LogP contribution in [0.2, 0.25) is 0 Å². The molecule has 1 fully saturated rings. The smallest absolute Gasteiger partial charge is 0.407 e. The lowest BCUT2D eigenvalue weighted by molar-refractivity contribution is 0.0445. The molecule has 26 heavy (non-hydrogen) atoms. The van der Waals surface area contributed by atoms with Crippen molar-refractivity contribution in [3.05, 3.63) is 35.4 Å². The molecule has 0 heterocycles. The number of nitrogens with zero attached hydrogens (tertiary/aromatic N) is 1. The standard InChI is InChI=1S/C22H36N2O2/c1-7-9-16-10-8-11-17(14-16)18-12-13-19(20(15-18)24(5)6)23-21(25)26-22(2,3)4/h8,10-11,14,18-20H,7,9,12-13,15H2,1-6H3,(H,23,25)/t18?,19?,20-/m0/s1. The van der Waals surface area contributed by atoms with Crippen LogP contribution >= 0.6 is 0 Å². The zero-order chi connectivity index (χ0) is 19.3. The molecule has 0 radical (unpaired) electrons. The van der Waals surface area contributed by atoms with Gasteiger partial charge in [-0.2, -0.15) is 0 Å². The summed E-state index contributed by atoms with van der Waals surface area (Å²) in [6.07, 6.45) is 5.14. The van der Waals surface area contributed by atoms with Gasteiger partial charge >= 0.3 is 6.09 Å². The van der Waals surface area contributed by atoms with Crippen LogP contribution in [-0.4, -0.2) is 42.8 Å². The third-order valence-corrected chi connectivity index (χ3v) is 5.14. The molecule has 1 N–H and O–H groups in total. The molecule has 0 spiro atoms. The largest absolute Gasteiger partial charge is 0.444 e. The van der Waals surface area contributed by atoms with Gasteiger partial charge in [0.2, 0.25) is 0 Å². The van der Waals surface area contributed by atoms with E-state index >= 15 is 0 Å². The van der Waals surface area contributed by atoms with E-state index in [4.69, 9.17) is 4.74 Å². The maximum atomic E-state index is 12.2. The van der Waals surface area contributed by atoms with E-state index in [0.29, 0.717) is 12.0 Å². The van der Waals surface area contributed by atoms with Gasteiger partial charge in [0.1, 0.15) is 5.60 Å². The molecule has 0 aromatic heterocycles. The Balaban J connectivity index is 2.05. The van der Waals surface area contributed by atoms with E-state index in [1.165, 1.54) is 17.5 Å². The Kier molecular flexibility index (Phi) is 7.10. The molecule has 1 aromatic rings. The van der Waals surface area contributed by atoms with Gasteiger partial charge in [0.15, 0.2) is 0 Å². The van der Waals surface area contributed by atoms with Crippen molar-refractivity contribution in [1.82, 2.24) is 10.2 Å². The Hall–Kier alpha value is -1.55. The number of hydrogen-bond acceptors (Lipinski definition) is 3. The highest BCUT2D eigenvalue weighted by Gasteiger charge is 2.34. The average Bonchev–Trinajstić information content (AvgIpc) is 2.53. The first kappa shape index (κ1) is 20.8. The van der Waals surface area contributed by atoms with E-state index in [2.05, 4.69) is 55.5 Å². The third-order valence-electron chi connectivity index (χ3n) is 5.14. The Morgan fingerprint density at radius 2 is 2.00 bits per heavy atom. The summed E-state index contributed by atoms with van der Waals surface area (Å²) in [5, 5.41) is 3.11. The minimum atomic E-state index is -0.464. The number of carbonyl (C=O) groups excluding carboxylic acids is 1. The van der Waals surface area contributed by atoms with Crippen molar-refractivity contribution in [3.63, 3.8) is 0 Å². The predicted molar refractivity (Wildman–Crippen MR) is 108 cm³/mol. The predicted octanol–water partition coefficient (Wildman–Crippen LogP) is 4.73. The molecular formula is C22H36N2O2. The lowest BCUT2D eigenvalue weighted by atomic mass is 9.78. The second-order valence-electron chi connectivity index (χ2n) is 8.79. The van der Waals surface area contributed by atoms with Crippen LogP contribution in [0.25, 0.3) is 0 Å². The van der Waals surface area contributed by atoms with Crippen LogP contribution in [0, 0.1) is 0 Å². The van der Waals surface area contributed by atoms with Gasteiger partial charge in [-0.3, -0.25) is 0 Å². The normalized spacial score (nSPS) is 23.7. The second kappa shape index (κ2) is 8.90. The molecule has 3 atom stereocenters. The highest BCUT2D eigenvalue weighted by Crippen LogP contribution is 2.35. The van der Waals surface area contributed by atoms with Crippen molar-refractivity contribution < 1.29 is 9.53 Å². The number of likely N-dealkylation sites (N-methyl/N-ethyl adjacent to an activating group) is 1. The number of aryl methyl sites for hydroxylation is 1. The van der Waals surface area contributed by atoms with Gasteiger partial charge in [0, 0.05) is 12.1 Å². The van der Waals surface area contributed by atoms with Crippen molar-refractivity contribution in [1.29, 1.82) is 0 Å². The van der Waals surface area contributed by atoms with Crippen LogP contribution < -0.4 is 5.32 Å². The summed E-state index contributed by atoms with van der Waals surface area (Å²) in [5.74, 6) is 0.552. The summed E-state index contributed by atoms with van der Waals surface area (Å²) < 4.78 is 5.45. The van der Waals surface area contributed by atoms with Crippen LogP contribution in [0.15, 0.2) is 24.3 Å². The molecule has 1 aliphatic carbocycles. The third kappa shape index (κ3) is 6.01. The van der Waals surface area contributed by atoms with E-state index < -0.39 is 5.60 Å². The number of carbonyl (C=O) groups is 1. The molecule has 146 valence electrons. The summed E-state index contributed by atoms with van der Waals surface area (Å²) in [7, 11) is 4.20. The number of ether oxygens (including phenoxy) is 1. The maximum Gasteiger partial charge on any atom is 0.407 e. The molecule has 4 heteroatoms. The van der Waals surface area contributed by atoms with Crippen LogP contribution in [0.5, 0.6) is 0 Å². The minimum Gasteiger partial charge on any atom is -0.444 e. The average molecular weight is 361 g/mol. The first-order valence-electron chi connectivity index (χ1n) is 9.94. The molecular weight excluding hydrogens is 324 g/mol. The van der Waals surface area contributed by atoms with Gasteiger partial charge in [-0.15, -0.1) is 0 Å². The van der Waals surface area contributed by atoms with Crippen molar-refractivity contribution >= 4 is 6.09 Å². The topological polar surface area (TPSA) is 41.6 Å². The fourth-order valence-electron chi connectivity index (χ4n) is 3.94. The maximum absolute atomic E-state index is 12.2. The summed E-state index contributed by atoms with van der Waals surface area (Å²) >= 11 is 0. The van der Waals surface area contributed by atoms with Crippen LogP contribution in [0.4, 0.5) is 4.79 Å². The minimum absolute atomic E-state index is 0.134. The van der Waals surface area contributed by atoms with Gasteiger partial charge in [-0.1, -0.05) is 37.6 Å². The molecule has 1 aromatic carbocycles. The van der Waals surface area contributed by atoms with Gasteiger partial charge in [-0.25, -0.2) is 4.79 Å². The zero-order valence-electron chi connectivity index (χ0n) is 17.3. The molecule has 2 unspecified atom stereocenters. The number of amides is 1. The lowest BCUT2D eigenvalue weighted by Crippen LogP contribution is -2.53. The van der Waals surface area contributed by atoms with E-state index in [1.807, 2.05) is 20.8 Å². The van der Waals surface area contributed by atoms with Gasteiger partial charge in [-0.05, 0) is 77.6 Å². The Bertz CT molecular complexity index is 592. The summed E-state index contributed by atoms with van der Waals surface area (Å²) in [4.78, 5) is 14.5. The van der Waals surface area contributed by atoms with Crippen molar-refractivity contribution in [2.75, 3.05) is 14.1 Å². The molecule has 2 rings (SSSR count). The second-order valence-corrected chi connectivity index (χ2v) is 8.79. The first-order valence-corrected chi connectivity index (χ1v) is 9.94. The SMILES string of the molecule is CCCc1cccc(C2CCC(NC(=O)OC(C)(C)C)[C@@H](N(C)C)C2)c1. The van der Waals surface area contributed by atoms with Crippen LogP contribution in [0.3, 0.4) is 0 Å². The quantitative estimate of drug-likeness (QED) is 0.825. The summed E-state index contributed by atoms with van der Waals surface area (Å²) in [6.45, 7) is 7.92. The number of benzene rings is 1. The van der Waals surface area contributed by atoms with Gasteiger partial charge in [0.25, 0.3) is 0 Å². The zero-order valence-corrected chi connectivity index (χ0v) is 17.3. The van der Waals surface area contributed by atoms with Crippen molar-refractivity contribution in [2.24, 2.45) is 0 Å².